The smallest absolute Gasteiger partial charge is 0.270 e. The minimum atomic E-state index is 0.0242. The molecule has 0 unspecified atom stereocenters. The Hall–Kier alpha value is -2.85. The number of carbonyl (C=O) groups excluding carboxylic acids is 1. The van der Waals surface area contributed by atoms with Gasteiger partial charge in [-0.3, -0.25) is 4.79 Å². The van der Waals surface area contributed by atoms with Gasteiger partial charge in [-0.2, -0.15) is 0 Å². The first-order chi connectivity index (χ1) is 12.3. The van der Waals surface area contributed by atoms with Gasteiger partial charge in [-0.25, -0.2) is 0 Å². The highest BCUT2D eigenvalue weighted by Crippen LogP contribution is 2.23. The van der Waals surface area contributed by atoms with Gasteiger partial charge >= 0.3 is 0 Å². The van der Waals surface area contributed by atoms with Crippen molar-refractivity contribution in [2.45, 2.75) is 13.1 Å². The fourth-order valence-corrected chi connectivity index (χ4v) is 3.72. The molecule has 0 bridgehead atoms. The molecular weight excluding hydrogens is 328 g/mol. The van der Waals surface area contributed by atoms with E-state index in [1.807, 2.05) is 58.8 Å². The quantitative estimate of drug-likeness (QED) is 0.538. The molecule has 2 heterocycles. The summed E-state index contributed by atoms with van der Waals surface area (Å²) in [6.07, 6.45) is 0. The molecular formula is C21H18N2OS. The van der Waals surface area contributed by atoms with Crippen LogP contribution < -0.4 is 0 Å². The summed E-state index contributed by atoms with van der Waals surface area (Å²) in [5.74, 6) is 0.0242. The first-order valence-corrected chi connectivity index (χ1v) is 9.11. The van der Waals surface area contributed by atoms with Crippen molar-refractivity contribution in [1.29, 1.82) is 0 Å². The summed E-state index contributed by atoms with van der Waals surface area (Å²) < 4.78 is 1.11. The van der Waals surface area contributed by atoms with Crippen LogP contribution in [0.4, 0.5) is 0 Å². The Morgan fingerprint density at radius 2 is 1.48 bits per heavy atom. The molecule has 2 aromatic heterocycles. The molecule has 3 nitrogen and oxygen atoms in total. The van der Waals surface area contributed by atoms with Crippen molar-refractivity contribution in [2.75, 3.05) is 0 Å². The number of nitrogens with one attached hydrogen (secondary N) is 1. The van der Waals surface area contributed by atoms with Crippen LogP contribution in [0, 0.1) is 0 Å². The monoisotopic (exact) mass is 346 g/mol. The van der Waals surface area contributed by atoms with Crippen LogP contribution in [-0.2, 0) is 13.1 Å². The van der Waals surface area contributed by atoms with Crippen molar-refractivity contribution in [1.82, 2.24) is 9.88 Å². The molecule has 0 aliphatic carbocycles. The number of hydrogen-bond acceptors (Lipinski definition) is 2. The number of aromatic nitrogens is 1. The highest BCUT2D eigenvalue weighted by molar-refractivity contribution is 7.17. The molecule has 1 N–H and O–H groups in total. The molecule has 0 atom stereocenters. The first kappa shape index (κ1) is 15.7. The number of aromatic amines is 1. The first-order valence-electron chi connectivity index (χ1n) is 8.23. The molecule has 0 fully saturated rings. The van der Waals surface area contributed by atoms with E-state index in [-0.39, 0.29) is 5.91 Å². The summed E-state index contributed by atoms with van der Waals surface area (Å²) in [5, 5.41) is 2.03. The number of rotatable bonds is 5. The Balaban J connectivity index is 1.63. The van der Waals surface area contributed by atoms with Gasteiger partial charge in [0, 0.05) is 13.1 Å². The second kappa shape index (κ2) is 6.95. The predicted molar refractivity (Wildman–Crippen MR) is 103 cm³/mol. The Kier molecular flexibility index (Phi) is 4.36. The fourth-order valence-electron chi connectivity index (χ4n) is 2.94. The minimum absolute atomic E-state index is 0.0242. The third kappa shape index (κ3) is 3.49. The Bertz CT molecular complexity index is 903. The van der Waals surface area contributed by atoms with Gasteiger partial charge in [0.25, 0.3) is 5.91 Å². The lowest BCUT2D eigenvalue weighted by Gasteiger charge is -2.22. The number of benzene rings is 2. The number of carbonyl (C=O) groups is 1. The molecule has 0 radical (unpaired) electrons. The van der Waals surface area contributed by atoms with E-state index < -0.39 is 0 Å². The zero-order valence-corrected chi connectivity index (χ0v) is 14.5. The molecule has 25 heavy (non-hydrogen) atoms. The molecule has 0 saturated heterocycles. The number of thiophene rings is 1. The maximum Gasteiger partial charge on any atom is 0.270 e. The van der Waals surface area contributed by atoms with Gasteiger partial charge in [0.1, 0.15) is 5.69 Å². The van der Waals surface area contributed by atoms with Crippen LogP contribution in [0.3, 0.4) is 0 Å². The van der Waals surface area contributed by atoms with Crippen molar-refractivity contribution >= 4 is 27.5 Å². The van der Waals surface area contributed by atoms with Gasteiger partial charge in [0.2, 0.25) is 0 Å². The van der Waals surface area contributed by atoms with E-state index in [2.05, 4.69) is 29.2 Å². The molecule has 0 aliphatic rings. The van der Waals surface area contributed by atoms with E-state index in [1.54, 1.807) is 11.3 Å². The van der Waals surface area contributed by atoms with Gasteiger partial charge in [0.15, 0.2) is 0 Å². The average molecular weight is 346 g/mol. The van der Waals surface area contributed by atoms with Crippen molar-refractivity contribution in [3.63, 3.8) is 0 Å². The standard InChI is InChI=1S/C21H18N2OS/c24-21(19-13-20-18(22-19)11-12-25-20)23(14-16-7-3-1-4-8-16)15-17-9-5-2-6-10-17/h1-13,22H,14-15H2. The Morgan fingerprint density at radius 3 is 2.04 bits per heavy atom. The van der Waals surface area contributed by atoms with E-state index >= 15 is 0 Å². The molecule has 2 aromatic carbocycles. The topological polar surface area (TPSA) is 36.1 Å². The second-order valence-electron chi connectivity index (χ2n) is 6.01. The predicted octanol–water partition coefficient (Wildman–Crippen LogP) is 5.07. The van der Waals surface area contributed by atoms with E-state index in [4.69, 9.17) is 0 Å². The normalized spacial score (nSPS) is 10.9. The van der Waals surface area contributed by atoms with E-state index in [0.717, 1.165) is 21.3 Å². The lowest BCUT2D eigenvalue weighted by atomic mass is 10.1. The molecule has 0 spiro atoms. The summed E-state index contributed by atoms with van der Waals surface area (Å²) in [5.41, 5.74) is 3.92. The number of H-pyrrole nitrogens is 1. The summed E-state index contributed by atoms with van der Waals surface area (Å²) >= 11 is 1.64. The number of amides is 1. The van der Waals surface area contributed by atoms with Crippen molar-refractivity contribution < 1.29 is 4.79 Å². The number of hydrogen-bond donors (Lipinski definition) is 1. The van der Waals surface area contributed by atoms with Gasteiger partial charge in [-0.1, -0.05) is 60.7 Å². The molecule has 4 heteroatoms. The number of nitrogens with zero attached hydrogens (tertiary/aromatic N) is 1. The van der Waals surface area contributed by atoms with Crippen LogP contribution in [-0.4, -0.2) is 15.8 Å². The average Bonchev–Trinajstić information content (AvgIpc) is 3.24. The summed E-state index contributed by atoms with van der Waals surface area (Å²) in [6, 6.07) is 24.2. The molecule has 0 saturated carbocycles. The second-order valence-corrected chi connectivity index (χ2v) is 6.96. The van der Waals surface area contributed by atoms with Gasteiger partial charge in [-0.15, -0.1) is 11.3 Å². The van der Waals surface area contributed by atoms with Crippen molar-refractivity contribution in [2.24, 2.45) is 0 Å². The maximum atomic E-state index is 13.1. The third-order valence-corrected chi connectivity index (χ3v) is 5.05. The molecule has 4 rings (SSSR count). The van der Waals surface area contributed by atoms with Crippen molar-refractivity contribution in [3.8, 4) is 0 Å². The van der Waals surface area contributed by atoms with E-state index in [9.17, 15) is 4.79 Å². The van der Waals surface area contributed by atoms with E-state index in [1.165, 1.54) is 0 Å². The Labute approximate surface area is 150 Å². The zero-order valence-electron chi connectivity index (χ0n) is 13.7. The minimum Gasteiger partial charge on any atom is -0.350 e. The van der Waals surface area contributed by atoms with Crippen LogP contribution in [0.2, 0.25) is 0 Å². The maximum absolute atomic E-state index is 13.1. The van der Waals surface area contributed by atoms with Crippen LogP contribution in [0.25, 0.3) is 10.2 Å². The van der Waals surface area contributed by atoms with Gasteiger partial charge < -0.3 is 9.88 Å². The van der Waals surface area contributed by atoms with Crippen molar-refractivity contribution in [3.05, 3.63) is 95.0 Å². The molecule has 0 aliphatic heterocycles. The van der Waals surface area contributed by atoms with Gasteiger partial charge in [0.05, 0.1) is 10.2 Å². The van der Waals surface area contributed by atoms with E-state index in [0.29, 0.717) is 18.8 Å². The lowest BCUT2D eigenvalue weighted by molar-refractivity contribution is 0.0725. The van der Waals surface area contributed by atoms with Gasteiger partial charge in [-0.05, 0) is 28.6 Å². The highest BCUT2D eigenvalue weighted by atomic mass is 32.1. The largest absolute Gasteiger partial charge is 0.350 e. The molecule has 4 aromatic rings. The summed E-state index contributed by atoms with van der Waals surface area (Å²) in [4.78, 5) is 18.3. The van der Waals surface area contributed by atoms with Crippen LogP contribution in [0.5, 0.6) is 0 Å². The van der Waals surface area contributed by atoms with Crippen LogP contribution in [0.1, 0.15) is 21.6 Å². The summed E-state index contributed by atoms with van der Waals surface area (Å²) in [6.45, 7) is 1.17. The Morgan fingerprint density at radius 1 is 0.880 bits per heavy atom. The SMILES string of the molecule is O=C(c1cc2sccc2[nH]1)N(Cc1ccccc1)Cc1ccccc1. The molecule has 124 valence electrons. The van der Waals surface area contributed by atoms with Crippen LogP contribution in [0.15, 0.2) is 78.2 Å². The number of fused-ring (bicyclic) bond motifs is 1. The summed E-state index contributed by atoms with van der Waals surface area (Å²) in [7, 11) is 0. The highest BCUT2D eigenvalue weighted by Gasteiger charge is 2.19. The fraction of sp³-hybridized carbons (Fsp3) is 0.0952. The third-order valence-electron chi connectivity index (χ3n) is 4.19. The zero-order chi connectivity index (χ0) is 17.1. The lowest BCUT2D eigenvalue weighted by Crippen LogP contribution is -2.30. The molecule has 1 amide bonds. The van der Waals surface area contributed by atoms with Crippen LogP contribution >= 0.6 is 11.3 Å².